The van der Waals surface area contributed by atoms with Crippen molar-refractivity contribution in [1.29, 1.82) is 0 Å². The largest absolute Gasteiger partial charge is 0.496 e. The van der Waals surface area contributed by atoms with E-state index in [0.717, 1.165) is 4.90 Å². The zero-order chi connectivity index (χ0) is 20.3. The Hall–Kier alpha value is -3.19. The van der Waals surface area contributed by atoms with Crippen LogP contribution in [0, 0.1) is 0 Å². The first kappa shape index (κ1) is 19.6. The first-order valence-corrected chi connectivity index (χ1v) is 8.88. The van der Waals surface area contributed by atoms with Crippen molar-refractivity contribution in [3.05, 3.63) is 59.7 Å². The van der Waals surface area contributed by atoms with Crippen molar-refractivity contribution >= 4 is 23.3 Å². The van der Waals surface area contributed by atoms with E-state index >= 15 is 0 Å². The van der Waals surface area contributed by atoms with Crippen LogP contribution >= 0.6 is 0 Å². The number of aliphatic hydroxyl groups is 1. The van der Waals surface area contributed by atoms with Crippen LogP contribution in [0.4, 0.5) is 5.69 Å². The molecule has 1 aliphatic rings. The number of ether oxygens (including phenoxy) is 2. The van der Waals surface area contributed by atoms with Crippen molar-refractivity contribution in [2.24, 2.45) is 0 Å². The molecule has 0 unspecified atom stereocenters. The summed E-state index contributed by atoms with van der Waals surface area (Å²) in [5.41, 5.74) is -1.13. The van der Waals surface area contributed by atoms with E-state index in [-0.39, 0.29) is 24.3 Å². The summed E-state index contributed by atoms with van der Waals surface area (Å²) in [7, 11) is 1.44. The van der Waals surface area contributed by atoms with E-state index in [0.29, 0.717) is 11.4 Å². The summed E-state index contributed by atoms with van der Waals surface area (Å²) < 4.78 is 10.1. The number of carbonyl (C=O) groups is 3. The van der Waals surface area contributed by atoms with E-state index in [4.69, 9.17) is 9.47 Å². The summed E-state index contributed by atoms with van der Waals surface area (Å²) in [5, 5.41) is 11.2. The number of fused-ring (bicyclic) bond motifs is 1. The van der Waals surface area contributed by atoms with Crippen LogP contribution in [0.2, 0.25) is 0 Å². The van der Waals surface area contributed by atoms with Crippen molar-refractivity contribution in [1.82, 2.24) is 0 Å². The number of anilines is 1. The lowest BCUT2D eigenvalue weighted by Gasteiger charge is -2.22. The maximum absolute atomic E-state index is 13.0. The number of amides is 1. The molecule has 7 nitrogen and oxygen atoms in total. The lowest BCUT2D eigenvalue weighted by molar-refractivity contribution is -0.144. The number of esters is 1. The van der Waals surface area contributed by atoms with Gasteiger partial charge in [-0.15, -0.1) is 0 Å². The highest BCUT2D eigenvalue weighted by Crippen LogP contribution is 2.43. The quantitative estimate of drug-likeness (QED) is 0.581. The molecule has 1 amide bonds. The molecule has 0 saturated heterocycles. The van der Waals surface area contributed by atoms with Crippen LogP contribution in [0.25, 0.3) is 0 Å². The molecule has 28 heavy (non-hydrogen) atoms. The molecule has 2 aromatic rings. The normalized spacial score (nSPS) is 18.0. The minimum Gasteiger partial charge on any atom is -0.496 e. The number of hydrogen-bond donors (Lipinski definition) is 1. The van der Waals surface area contributed by atoms with Crippen molar-refractivity contribution < 1.29 is 29.0 Å². The molecular weight excluding hydrogens is 362 g/mol. The van der Waals surface area contributed by atoms with E-state index in [1.54, 1.807) is 55.5 Å². The van der Waals surface area contributed by atoms with Gasteiger partial charge < -0.3 is 14.6 Å². The van der Waals surface area contributed by atoms with E-state index in [9.17, 15) is 19.5 Å². The molecule has 0 fully saturated rings. The van der Waals surface area contributed by atoms with E-state index < -0.39 is 29.7 Å². The molecule has 1 N–H and O–H groups in total. The summed E-state index contributed by atoms with van der Waals surface area (Å²) in [6, 6.07) is 13.2. The van der Waals surface area contributed by atoms with Crippen molar-refractivity contribution in [2.75, 3.05) is 25.2 Å². The van der Waals surface area contributed by atoms with Gasteiger partial charge in [0.1, 0.15) is 12.3 Å². The number of nitrogens with zero attached hydrogens (tertiary/aromatic N) is 1. The molecule has 1 heterocycles. The molecule has 0 aromatic heterocycles. The molecule has 0 bridgehead atoms. The van der Waals surface area contributed by atoms with Crippen LogP contribution in [-0.4, -0.2) is 43.0 Å². The fourth-order valence-electron chi connectivity index (χ4n) is 3.37. The monoisotopic (exact) mass is 383 g/mol. The molecule has 7 heteroatoms. The van der Waals surface area contributed by atoms with E-state index in [1.807, 2.05) is 0 Å². The minimum absolute atomic E-state index is 0.180. The number of hydrogen-bond acceptors (Lipinski definition) is 6. The number of ketones is 1. The summed E-state index contributed by atoms with van der Waals surface area (Å²) in [4.78, 5) is 39.0. The van der Waals surface area contributed by atoms with Gasteiger partial charge in [0.05, 0.1) is 31.4 Å². The fraction of sp³-hybridized carbons (Fsp3) is 0.286. The van der Waals surface area contributed by atoms with Crippen LogP contribution in [0.3, 0.4) is 0 Å². The highest BCUT2D eigenvalue weighted by molar-refractivity contribution is 6.12. The number of benzene rings is 2. The molecule has 2 aromatic carbocycles. The zero-order valence-electron chi connectivity index (χ0n) is 15.7. The third-order valence-corrected chi connectivity index (χ3v) is 4.66. The van der Waals surface area contributed by atoms with Gasteiger partial charge in [-0.05, 0) is 25.1 Å². The van der Waals surface area contributed by atoms with Gasteiger partial charge in [-0.2, -0.15) is 0 Å². The van der Waals surface area contributed by atoms with Gasteiger partial charge in [-0.1, -0.05) is 30.3 Å². The molecule has 1 aliphatic heterocycles. The van der Waals surface area contributed by atoms with Gasteiger partial charge >= 0.3 is 5.97 Å². The summed E-state index contributed by atoms with van der Waals surface area (Å²) in [6.45, 7) is 1.51. The van der Waals surface area contributed by atoms with E-state index in [2.05, 4.69) is 0 Å². The SMILES string of the molecule is CCOC(=O)CN1C(=O)[C@](O)(CC(=O)c2ccccc2OC)c2ccccc21. The first-order valence-electron chi connectivity index (χ1n) is 8.88. The van der Waals surface area contributed by atoms with Gasteiger partial charge in [0.15, 0.2) is 11.4 Å². The maximum atomic E-state index is 13.0. The molecular formula is C21H21NO6. The molecule has 0 radical (unpaired) electrons. The van der Waals surface area contributed by atoms with Crippen LogP contribution in [-0.2, 0) is 19.9 Å². The van der Waals surface area contributed by atoms with Crippen LogP contribution in [0.15, 0.2) is 48.5 Å². The van der Waals surface area contributed by atoms with Crippen LogP contribution in [0.5, 0.6) is 5.75 Å². The molecule has 0 aliphatic carbocycles. The average Bonchev–Trinajstić information content (AvgIpc) is 2.90. The molecule has 1 atom stereocenters. The van der Waals surface area contributed by atoms with Gasteiger partial charge in [0.2, 0.25) is 0 Å². The molecule has 0 saturated carbocycles. The Bertz CT molecular complexity index is 925. The van der Waals surface area contributed by atoms with Gasteiger partial charge in [-0.25, -0.2) is 0 Å². The van der Waals surface area contributed by atoms with Crippen molar-refractivity contribution in [2.45, 2.75) is 18.9 Å². The zero-order valence-corrected chi connectivity index (χ0v) is 15.7. The number of Topliss-reactive ketones (excluding diaryl/α,β-unsaturated/α-hetero) is 1. The standard InChI is InChI=1S/C21H21NO6/c1-3-28-19(24)13-22-16-10-6-5-9-15(16)21(26,20(22)25)12-17(23)14-8-4-7-11-18(14)27-2/h4-11,26H,3,12-13H2,1-2H3/t21-/m0/s1. The number of carbonyl (C=O) groups excluding carboxylic acids is 3. The highest BCUT2D eigenvalue weighted by Gasteiger charge is 2.51. The van der Waals surface area contributed by atoms with Gasteiger partial charge in [0, 0.05) is 5.56 Å². The molecule has 0 spiro atoms. The van der Waals surface area contributed by atoms with Gasteiger partial charge in [0.25, 0.3) is 5.91 Å². The summed E-state index contributed by atoms with van der Waals surface area (Å²) >= 11 is 0. The first-order chi connectivity index (χ1) is 13.4. The van der Waals surface area contributed by atoms with Crippen LogP contribution in [0.1, 0.15) is 29.3 Å². The topological polar surface area (TPSA) is 93.1 Å². The predicted molar refractivity (Wildman–Crippen MR) is 101 cm³/mol. The Balaban J connectivity index is 1.95. The second-order valence-electron chi connectivity index (χ2n) is 6.37. The molecule has 3 rings (SSSR count). The lowest BCUT2D eigenvalue weighted by Crippen LogP contribution is -2.44. The summed E-state index contributed by atoms with van der Waals surface area (Å²) in [5.74, 6) is -1.41. The average molecular weight is 383 g/mol. The van der Waals surface area contributed by atoms with Crippen molar-refractivity contribution in [3.8, 4) is 5.75 Å². The Morgan fingerprint density at radius 3 is 2.50 bits per heavy atom. The fourth-order valence-corrected chi connectivity index (χ4v) is 3.37. The minimum atomic E-state index is -2.07. The third-order valence-electron chi connectivity index (χ3n) is 4.66. The second kappa shape index (κ2) is 7.82. The smallest absolute Gasteiger partial charge is 0.326 e. The van der Waals surface area contributed by atoms with Gasteiger partial charge in [-0.3, -0.25) is 19.3 Å². The Morgan fingerprint density at radius 2 is 1.79 bits per heavy atom. The van der Waals surface area contributed by atoms with E-state index in [1.165, 1.54) is 7.11 Å². The highest BCUT2D eigenvalue weighted by atomic mass is 16.5. The lowest BCUT2D eigenvalue weighted by atomic mass is 9.88. The maximum Gasteiger partial charge on any atom is 0.326 e. The Morgan fingerprint density at radius 1 is 1.11 bits per heavy atom. The Labute approximate surface area is 162 Å². The number of methoxy groups -OCH3 is 1. The molecule has 146 valence electrons. The summed E-state index contributed by atoms with van der Waals surface area (Å²) in [6.07, 6.45) is -0.470. The third kappa shape index (κ3) is 3.36. The Kier molecular flexibility index (Phi) is 5.46. The second-order valence-corrected chi connectivity index (χ2v) is 6.37. The number of para-hydroxylation sites is 2. The predicted octanol–water partition coefficient (Wildman–Crippen LogP) is 2.07. The van der Waals surface area contributed by atoms with Crippen molar-refractivity contribution in [3.63, 3.8) is 0 Å². The number of rotatable bonds is 7. The van der Waals surface area contributed by atoms with Crippen LogP contribution < -0.4 is 9.64 Å².